The van der Waals surface area contributed by atoms with Gasteiger partial charge in [0.05, 0.1) is 11.6 Å². The van der Waals surface area contributed by atoms with E-state index in [9.17, 15) is 18.0 Å². The van der Waals surface area contributed by atoms with Crippen molar-refractivity contribution in [1.29, 1.82) is 0 Å². The largest absolute Gasteiger partial charge is 0.481 e. The SMILES string of the molecule is Cc1cc(OCC(C)(C)C(=O)O)ncc1-c1ccc(-c2ncc(C(F)(F)F)[nH]2)nc1. The Morgan fingerprint density at radius 1 is 1.13 bits per heavy atom. The van der Waals surface area contributed by atoms with E-state index in [1.165, 1.54) is 6.20 Å². The van der Waals surface area contributed by atoms with Gasteiger partial charge in [0, 0.05) is 29.6 Å². The van der Waals surface area contributed by atoms with Gasteiger partial charge >= 0.3 is 12.1 Å². The van der Waals surface area contributed by atoms with Gasteiger partial charge in [0.1, 0.15) is 18.0 Å². The number of rotatable bonds is 6. The molecule has 0 aliphatic carbocycles. The highest BCUT2D eigenvalue weighted by Crippen LogP contribution is 2.30. The van der Waals surface area contributed by atoms with Crippen molar-refractivity contribution in [2.75, 3.05) is 6.61 Å². The molecule has 7 nitrogen and oxygen atoms in total. The number of aromatic amines is 1. The molecule has 0 unspecified atom stereocenters. The number of nitrogens with zero attached hydrogens (tertiary/aromatic N) is 3. The van der Waals surface area contributed by atoms with Crippen LogP contribution in [0.3, 0.4) is 0 Å². The highest BCUT2D eigenvalue weighted by molar-refractivity contribution is 5.73. The van der Waals surface area contributed by atoms with Gasteiger partial charge in [-0.15, -0.1) is 0 Å². The van der Waals surface area contributed by atoms with Gasteiger partial charge in [0.2, 0.25) is 5.88 Å². The van der Waals surface area contributed by atoms with Gasteiger partial charge in [0.25, 0.3) is 0 Å². The molecule has 0 aromatic carbocycles. The van der Waals surface area contributed by atoms with Crippen molar-refractivity contribution in [3.8, 4) is 28.5 Å². The van der Waals surface area contributed by atoms with Gasteiger partial charge in [-0.1, -0.05) is 6.07 Å². The molecule has 0 aliphatic rings. The molecule has 10 heteroatoms. The van der Waals surface area contributed by atoms with E-state index in [1.54, 1.807) is 38.2 Å². The number of imidazole rings is 1. The number of aliphatic carboxylic acids is 1. The number of carboxylic acid groups (broad SMARTS) is 1. The number of aryl methyl sites for hydroxylation is 1. The minimum atomic E-state index is -4.50. The molecule has 3 aromatic rings. The third-order valence-corrected chi connectivity index (χ3v) is 4.44. The lowest BCUT2D eigenvalue weighted by molar-refractivity contribution is -0.148. The van der Waals surface area contributed by atoms with Crippen LogP contribution in [0.2, 0.25) is 0 Å². The van der Waals surface area contributed by atoms with Gasteiger partial charge in [-0.25, -0.2) is 9.97 Å². The molecule has 0 bridgehead atoms. The van der Waals surface area contributed by atoms with Gasteiger partial charge in [-0.3, -0.25) is 9.78 Å². The molecule has 0 aliphatic heterocycles. The molecule has 3 aromatic heterocycles. The fourth-order valence-electron chi connectivity index (χ4n) is 2.52. The normalized spacial score (nSPS) is 12.1. The van der Waals surface area contributed by atoms with E-state index in [0.29, 0.717) is 11.4 Å². The van der Waals surface area contributed by atoms with Crippen molar-refractivity contribution in [2.45, 2.75) is 26.9 Å². The molecule has 0 atom stereocenters. The monoisotopic (exact) mass is 420 g/mol. The van der Waals surface area contributed by atoms with Gasteiger partial charge in [0.15, 0.2) is 5.82 Å². The van der Waals surface area contributed by atoms with Crippen LogP contribution in [0.1, 0.15) is 25.1 Å². The van der Waals surface area contributed by atoms with E-state index in [2.05, 4.69) is 19.9 Å². The number of pyridine rings is 2. The second-order valence-corrected chi connectivity index (χ2v) is 7.39. The van der Waals surface area contributed by atoms with E-state index in [-0.39, 0.29) is 18.1 Å². The maximum atomic E-state index is 12.7. The number of carbonyl (C=O) groups is 1. The van der Waals surface area contributed by atoms with E-state index in [0.717, 1.165) is 17.3 Å². The molecule has 158 valence electrons. The van der Waals surface area contributed by atoms with Crippen LogP contribution in [-0.4, -0.2) is 37.6 Å². The van der Waals surface area contributed by atoms with Gasteiger partial charge in [-0.05, 0) is 32.4 Å². The van der Waals surface area contributed by atoms with E-state index < -0.39 is 23.3 Å². The number of alkyl halides is 3. The summed E-state index contributed by atoms with van der Waals surface area (Å²) < 4.78 is 43.6. The van der Waals surface area contributed by atoms with Crippen molar-refractivity contribution in [3.05, 3.63) is 48.0 Å². The second kappa shape index (κ2) is 7.77. The summed E-state index contributed by atoms with van der Waals surface area (Å²) in [6.07, 6.45) is -0.687. The summed E-state index contributed by atoms with van der Waals surface area (Å²) in [5.41, 5.74) is 0.574. The Bertz CT molecular complexity index is 1060. The first-order valence-corrected chi connectivity index (χ1v) is 8.89. The van der Waals surface area contributed by atoms with Gasteiger partial charge in [-0.2, -0.15) is 13.2 Å². The van der Waals surface area contributed by atoms with E-state index in [4.69, 9.17) is 9.84 Å². The zero-order chi connectivity index (χ0) is 22.1. The Kier molecular flexibility index (Phi) is 5.51. The summed E-state index contributed by atoms with van der Waals surface area (Å²) >= 11 is 0. The number of hydrogen-bond acceptors (Lipinski definition) is 5. The second-order valence-electron chi connectivity index (χ2n) is 7.39. The number of halogens is 3. The lowest BCUT2D eigenvalue weighted by Gasteiger charge is -2.19. The molecule has 3 heterocycles. The number of hydrogen-bond donors (Lipinski definition) is 2. The van der Waals surface area contributed by atoms with Gasteiger partial charge < -0.3 is 14.8 Å². The molecule has 2 N–H and O–H groups in total. The van der Waals surface area contributed by atoms with E-state index >= 15 is 0 Å². The Balaban J connectivity index is 1.76. The minimum Gasteiger partial charge on any atom is -0.481 e. The number of ether oxygens (including phenoxy) is 1. The summed E-state index contributed by atoms with van der Waals surface area (Å²) in [6.45, 7) is 4.91. The van der Waals surface area contributed by atoms with Crippen molar-refractivity contribution < 1.29 is 27.8 Å². The lowest BCUT2D eigenvalue weighted by Crippen LogP contribution is -2.30. The highest BCUT2D eigenvalue weighted by atomic mass is 19.4. The quantitative estimate of drug-likeness (QED) is 0.615. The van der Waals surface area contributed by atoms with E-state index in [1.807, 2.05) is 6.92 Å². The Labute approximate surface area is 170 Å². The summed E-state index contributed by atoms with van der Waals surface area (Å²) in [4.78, 5) is 25.5. The third kappa shape index (κ3) is 4.58. The Morgan fingerprint density at radius 2 is 1.87 bits per heavy atom. The first-order valence-electron chi connectivity index (χ1n) is 8.89. The maximum absolute atomic E-state index is 12.7. The predicted molar refractivity (Wildman–Crippen MR) is 102 cm³/mol. The van der Waals surface area contributed by atoms with Crippen LogP contribution in [0.5, 0.6) is 5.88 Å². The van der Waals surface area contributed by atoms with Crippen LogP contribution < -0.4 is 4.74 Å². The average molecular weight is 420 g/mol. The van der Waals surface area contributed by atoms with Crippen molar-refractivity contribution in [1.82, 2.24) is 19.9 Å². The van der Waals surface area contributed by atoms with Crippen molar-refractivity contribution in [3.63, 3.8) is 0 Å². The Hall–Kier alpha value is -3.43. The van der Waals surface area contributed by atoms with Crippen LogP contribution in [0.25, 0.3) is 22.6 Å². The molecule has 30 heavy (non-hydrogen) atoms. The van der Waals surface area contributed by atoms with Crippen LogP contribution in [0, 0.1) is 12.3 Å². The maximum Gasteiger partial charge on any atom is 0.432 e. The third-order valence-electron chi connectivity index (χ3n) is 4.44. The Morgan fingerprint density at radius 3 is 2.40 bits per heavy atom. The lowest BCUT2D eigenvalue weighted by atomic mass is 9.95. The minimum absolute atomic E-state index is 0.0218. The highest BCUT2D eigenvalue weighted by Gasteiger charge is 2.33. The average Bonchev–Trinajstić information content (AvgIpc) is 3.17. The zero-order valence-corrected chi connectivity index (χ0v) is 16.4. The molecule has 0 saturated heterocycles. The van der Waals surface area contributed by atoms with Crippen LogP contribution in [0.15, 0.2) is 36.8 Å². The van der Waals surface area contributed by atoms with Crippen molar-refractivity contribution >= 4 is 5.97 Å². The fourth-order valence-corrected chi connectivity index (χ4v) is 2.52. The number of nitrogens with one attached hydrogen (secondary N) is 1. The van der Waals surface area contributed by atoms with Crippen LogP contribution in [0.4, 0.5) is 13.2 Å². The zero-order valence-electron chi connectivity index (χ0n) is 16.4. The molecule has 0 saturated carbocycles. The molecule has 3 rings (SSSR count). The fraction of sp³-hybridized carbons (Fsp3) is 0.300. The standard InChI is InChI=1S/C20H19F3N4O3/c1-11-6-16(30-10-19(2,3)18(28)29)25-8-13(11)12-4-5-14(24-7-12)17-26-9-15(27-17)20(21,22)23/h4-9H,10H2,1-3H3,(H,26,27)(H,28,29). The summed E-state index contributed by atoms with van der Waals surface area (Å²) in [7, 11) is 0. The van der Waals surface area contributed by atoms with Crippen molar-refractivity contribution in [2.24, 2.45) is 5.41 Å². The first-order chi connectivity index (χ1) is 14.0. The topological polar surface area (TPSA) is 101 Å². The summed E-state index contributed by atoms with van der Waals surface area (Å²) in [6, 6.07) is 4.95. The first kappa shape index (κ1) is 21.3. The molecule has 0 amide bonds. The molecule has 0 spiro atoms. The molecule has 0 radical (unpaired) electrons. The molecular weight excluding hydrogens is 401 g/mol. The smallest absolute Gasteiger partial charge is 0.432 e. The molecular formula is C20H19F3N4O3. The molecule has 0 fully saturated rings. The van der Waals surface area contributed by atoms with Crippen LogP contribution >= 0.6 is 0 Å². The number of H-pyrrole nitrogens is 1. The number of aromatic nitrogens is 4. The summed E-state index contributed by atoms with van der Waals surface area (Å²) in [5, 5.41) is 9.14. The summed E-state index contributed by atoms with van der Waals surface area (Å²) in [5.74, 6) is -0.653. The number of carboxylic acids is 1. The predicted octanol–water partition coefficient (Wildman–Crippen LogP) is 4.35. The van der Waals surface area contributed by atoms with Crippen LogP contribution in [-0.2, 0) is 11.0 Å².